The third kappa shape index (κ3) is 4.38. The fourth-order valence-corrected chi connectivity index (χ4v) is 3.95. The molecule has 2 saturated heterocycles. The normalized spacial score (nSPS) is 29.4. The molecule has 2 nitrogen and oxygen atoms in total. The number of nitrogens with zero attached hydrogens (tertiary/aromatic N) is 2. The Hall–Kier alpha value is -0.220. The van der Waals surface area contributed by atoms with E-state index in [4.69, 9.17) is 0 Å². The van der Waals surface area contributed by atoms with E-state index >= 15 is 0 Å². The molecule has 2 aliphatic heterocycles. The molecule has 1 unspecified atom stereocenters. The summed E-state index contributed by atoms with van der Waals surface area (Å²) in [6.45, 7) is 11.5. The van der Waals surface area contributed by atoms with E-state index in [-0.39, 0.29) is 6.54 Å². The van der Waals surface area contributed by atoms with Gasteiger partial charge in [0.25, 0.3) is 5.92 Å². The van der Waals surface area contributed by atoms with E-state index in [2.05, 4.69) is 23.6 Å². The fraction of sp³-hybridized carbons (Fsp3) is 1.00. The first-order valence-electron chi connectivity index (χ1n) is 8.65. The average Bonchev–Trinajstić information content (AvgIpc) is 2.40. The van der Waals surface area contributed by atoms with E-state index in [0.29, 0.717) is 30.8 Å². The van der Waals surface area contributed by atoms with E-state index in [0.717, 1.165) is 32.5 Å². The SMILES string of the molecule is CC(C)CC1CCN(C2CCN(C(C)C)CC2)CC1(F)F. The molecule has 124 valence electrons. The Bertz CT molecular complexity index is 323. The number of rotatable bonds is 4. The standard InChI is InChI=1S/C17H32F2N2/c1-13(2)11-15-5-8-21(12-17(15,18)19)16-6-9-20(10-7-16)14(3)4/h13-16H,5-12H2,1-4H3. The summed E-state index contributed by atoms with van der Waals surface area (Å²) in [5.41, 5.74) is 0. The predicted molar refractivity (Wildman–Crippen MR) is 83.8 cm³/mol. The van der Waals surface area contributed by atoms with Crippen LogP contribution in [0.5, 0.6) is 0 Å². The summed E-state index contributed by atoms with van der Waals surface area (Å²) in [6, 6.07) is 0.940. The lowest BCUT2D eigenvalue weighted by molar-refractivity contribution is -0.128. The van der Waals surface area contributed by atoms with Crippen molar-refractivity contribution in [2.24, 2.45) is 11.8 Å². The van der Waals surface area contributed by atoms with Gasteiger partial charge in [-0.3, -0.25) is 4.90 Å². The zero-order valence-corrected chi connectivity index (χ0v) is 14.1. The van der Waals surface area contributed by atoms with Crippen molar-refractivity contribution in [1.29, 1.82) is 0 Å². The summed E-state index contributed by atoms with van der Waals surface area (Å²) >= 11 is 0. The summed E-state index contributed by atoms with van der Waals surface area (Å²) in [5.74, 6) is -2.55. The highest BCUT2D eigenvalue weighted by atomic mass is 19.3. The largest absolute Gasteiger partial charge is 0.301 e. The summed E-state index contributed by atoms with van der Waals surface area (Å²) in [7, 11) is 0. The van der Waals surface area contributed by atoms with Gasteiger partial charge >= 0.3 is 0 Å². The maximum absolute atomic E-state index is 14.4. The van der Waals surface area contributed by atoms with E-state index in [1.165, 1.54) is 0 Å². The van der Waals surface area contributed by atoms with Crippen LogP contribution >= 0.6 is 0 Å². The molecular formula is C17H32F2N2. The van der Waals surface area contributed by atoms with E-state index in [1.54, 1.807) is 0 Å². The lowest BCUT2D eigenvalue weighted by Gasteiger charge is -2.45. The third-order valence-corrected chi connectivity index (χ3v) is 5.28. The van der Waals surface area contributed by atoms with Gasteiger partial charge in [0, 0.05) is 18.0 Å². The molecule has 4 heteroatoms. The lowest BCUT2D eigenvalue weighted by atomic mass is 9.84. The Morgan fingerprint density at radius 3 is 2.10 bits per heavy atom. The van der Waals surface area contributed by atoms with Gasteiger partial charge in [0.15, 0.2) is 0 Å². The molecule has 1 atom stereocenters. The summed E-state index contributed by atoms with van der Waals surface area (Å²) < 4.78 is 28.8. The van der Waals surface area contributed by atoms with Crippen LogP contribution in [0.25, 0.3) is 0 Å². The molecule has 0 aromatic carbocycles. The smallest absolute Gasteiger partial charge is 0.263 e. The van der Waals surface area contributed by atoms with Crippen molar-refractivity contribution in [2.75, 3.05) is 26.2 Å². The third-order valence-electron chi connectivity index (χ3n) is 5.28. The van der Waals surface area contributed by atoms with Crippen LogP contribution in [0.4, 0.5) is 8.78 Å². The minimum atomic E-state index is -2.50. The molecule has 2 rings (SSSR count). The van der Waals surface area contributed by atoms with Gasteiger partial charge in [-0.15, -0.1) is 0 Å². The number of hydrogen-bond acceptors (Lipinski definition) is 2. The van der Waals surface area contributed by atoms with Crippen LogP contribution < -0.4 is 0 Å². The molecule has 0 amide bonds. The van der Waals surface area contributed by atoms with Gasteiger partial charge in [-0.2, -0.15) is 0 Å². The first-order chi connectivity index (χ1) is 9.79. The molecular weight excluding hydrogens is 270 g/mol. The number of halogens is 2. The molecule has 0 N–H and O–H groups in total. The number of likely N-dealkylation sites (tertiary alicyclic amines) is 2. The minimum Gasteiger partial charge on any atom is -0.301 e. The van der Waals surface area contributed by atoms with Crippen LogP contribution in [0, 0.1) is 11.8 Å². The van der Waals surface area contributed by atoms with Crippen molar-refractivity contribution < 1.29 is 8.78 Å². The monoisotopic (exact) mass is 302 g/mol. The minimum absolute atomic E-state index is 0.0171. The van der Waals surface area contributed by atoms with Crippen LogP contribution in [0.3, 0.4) is 0 Å². The fourth-order valence-electron chi connectivity index (χ4n) is 3.95. The highest BCUT2D eigenvalue weighted by molar-refractivity contribution is 4.91. The van der Waals surface area contributed by atoms with Gasteiger partial charge in [-0.25, -0.2) is 8.78 Å². The second kappa shape index (κ2) is 6.91. The van der Waals surface area contributed by atoms with Gasteiger partial charge in [0.05, 0.1) is 6.54 Å². The Balaban J connectivity index is 1.87. The van der Waals surface area contributed by atoms with Crippen molar-refractivity contribution >= 4 is 0 Å². The molecule has 0 spiro atoms. The van der Waals surface area contributed by atoms with E-state index in [9.17, 15) is 8.78 Å². The van der Waals surface area contributed by atoms with Gasteiger partial charge < -0.3 is 4.90 Å². The molecule has 0 aromatic rings. The molecule has 0 aliphatic carbocycles. The molecule has 2 aliphatic rings. The summed E-state index contributed by atoms with van der Waals surface area (Å²) in [4.78, 5) is 4.54. The Kier molecular flexibility index (Phi) is 5.64. The Morgan fingerprint density at radius 2 is 1.62 bits per heavy atom. The van der Waals surface area contributed by atoms with Crippen LogP contribution in [-0.4, -0.2) is 54.0 Å². The second-order valence-electron chi connectivity index (χ2n) is 7.71. The van der Waals surface area contributed by atoms with Crippen molar-refractivity contribution in [3.8, 4) is 0 Å². The van der Waals surface area contributed by atoms with Crippen molar-refractivity contribution in [3.05, 3.63) is 0 Å². The van der Waals surface area contributed by atoms with Crippen molar-refractivity contribution in [3.63, 3.8) is 0 Å². The quantitative estimate of drug-likeness (QED) is 0.778. The molecule has 0 aromatic heterocycles. The Morgan fingerprint density at radius 1 is 1.00 bits per heavy atom. The molecule has 0 radical (unpaired) electrons. The number of hydrogen-bond donors (Lipinski definition) is 0. The summed E-state index contributed by atoms with van der Waals surface area (Å²) in [5, 5.41) is 0. The zero-order valence-electron chi connectivity index (χ0n) is 14.1. The molecule has 2 heterocycles. The van der Waals surface area contributed by atoms with Crippen LogP contribution in [-0.2, 0) is 0 Å². The lowest BCUT2D eigenvalue weighted by Crippen LogP contribution is -2.55. The highest BCUT2D eigenvalue weighted by Gasteiger charge is 2.46. The van der Waals surface area contributed by atoms with Crippen LogP contribution in [0.1, 0.15) is 53.4 Å². The predicted octanol–water partition coefficient (Wildman–Crippen LogP) is 3.86. The Labute approximate surface area is 128 Å². The maximum Gasteiger partial charge on any atom is 0.263 e. The topological polar surface area (TPSA) is 6.48 Å². The van der Waals surface area contributed by atoms with Gasteiger partial charge in [-0.05, 0) is 65.1 Å². The molecule has 2 fully saturated rings. The number of piperidine rings is 2. The van der Waals surface area contributed by atoms with Crippen molar-refractivity contribution in [1.82, 2.24) is 9.80 Å². The van der Waals surface area contributed by atoms with Crippen LogP contribution in [0.15, 0.2) is 0 Å². The first kappa shape index (κ1) is 17.1. The summed E-state index contributed by atoms with van der Waals surface area (Å²) in [6.07, 6.45) is 3.41. The van der Waals surface area contributed by atoms with Crippen molar-refractivity contribution in [2.45, 2.75) is 71.4 Å². The zero-order chi connectivity index (χ0) is 15.6. The van der Waals surface area contributed by atoms with Gasteiger partial charge in [0.2, 0.25) is 0 Å². The maximum atomic E-state index is 14.4. The number of alkyl halides is 2. The van der Waals surface area contributed by atoms with Gasteiger partial charge in [-0.1, -0.05) is 13.8 Å². The molecule has 0 saturated carbocycles. The van der Waals surface area contributed by atoms with E-state index in [1.807, 2.05) is 13.8 Å². The van der Waals surface area contributed by atoms with E-state index < -0.39 is 11.8 Å². The molecule has 21 heavy (non-hydrogen) atoms. The van der Waals surface area contributed by atoms with Crippen LogP contribution in [0.2, 0.25) is 0 Å². The average molecular weight is 302 g/mol. The van der Waals surface area contributed by atoms with Gasteiger partial charge in [0.1, 0.15) is 0 Å². The molecule has 0 bridgehead atoms. The first-order valence-corrected chi connectivity index (χ1v) is 8.65. The second-order valence-corrected chi connectivity index (χ2v) is 7.71. The highest BCUT2D eigenvalue weighted by Crippen LogP contribution is 2.38.